The van der Waals surface area contributed by atoms with Crippen molar-refractivity contribution in [2.45, 2.75) is 38.8 Å². The fourth-order valence-electron chi connectivity index (χ4n) is 3.22. The molecule has 2 unspecified atom stereocenters. The summed E-state index contributed by atoms with van der Waals surface area (Å²) in [7, 11) is 3.41. The number of nitrogens with one attached hydrogen (secondary N) is 1. The molecular weight excluding hydrogens is 264 g/mol. The normalized spacial score (nSPS) is 19.8. The van der Waals surface area contributed by atoms with Gasteiger partial charge in [-0.1, -0.05) is 13.0 Å². The van der Waals surface area contributed by atoms with Gasteiger partial charge in [-0.25, -0.2) is 0 Å². The molecule has 1 N–H and O–H groups in total. The fraction of sp³-hybridized carbons (Fsp3) is 0.647. The predicted octanol–water partition coefficient (Wildman–Crippen LogP) is 2.84. The number of rotatable bonds is 7. The lowest BCUT2D eigenvalue weighted by Gasteiger charge is -2.34. The molecule has 0 radical (unpaired) electrons. The Bertz CT molecular complexity index is 444. The monoisotopic (exact) mass is 292 g/mol. The Morgan fingerprint density at radius 2 is 2.14 bits per heavy atom. The van der Waals surface area contributed by atoms with Crippen LogP contribution in [0.5, 0.6) is 11.5 Å². The van der Waals surface area contributed by atoms with Crippen molar-refractivity contribution < 1.29 is 9.47 Å². The predicted molar refractivity (Wildman–Crippen MR) is 86.2 cm³/mol. The van der Waals surface area contributed by atoms with Crippen LogP contribution in [0.1, 0.15) is 38.3 Å². The van der Waals surface area contributed by atoms with Gasteiger partial charge in [-0.3, -0.25) is 4.90 Å². The van der Waals surface area contributed by atoms with Gasteiger partial charge in [-0.15, -0.1) is 0 Å². The van der Waals surface area contributed by atoms with Crippen molar-refractivity contribution in [3.63, 3.8) is 0 Å². The van der Waals surface area contributed by atoms with Crippen LogP contribution in [-0.2, 0) is 0 Å². The summed E-state index contributed by atoms with van der Waals surface area (Å²) in [6.45, 7) is 7.84. The minimum atomic E-state index is 0.343. The molecule has 21 heavy (non-hydrogen) atoms. The highest BCUT2D eigenvalue weighted by molar-refractivity contribution is 5.42. The van der Waals surface area contributed by atoms with Crippen LogP contribution < -0.4 is 14.8 Å². The Balaban J connectivity index is 2.24. The molecule has 0 bridgehead atoms. The van der Waals surface area contributed by atoms with E-state index in [0.717, 1.165) is 31.1 Å². The summed E-state index contributed by atoms with van der Waals surface area (Å²) in [5.74, 6) is 1.75. The first-order valence-corrected chi connectivity index (χ1v) is 7.89. The quantitative estimate of drug-likeness (QED) is 0.838. The highest BCUT2D eigenvalue weighted by Gasteiger charge is 2.28. The van der Waals surface area contributed by atoms with Crippen LogP contribution in [0.4, 0.5) is 0 Å². The van der Waals surface area contributed by atoms with E-state index in [2.05, 4.69) is 30.1 Å². The van der Waals surface area contributed by atoms with E-state index in [1.54, 1.807) is 14.2 Å². The van der Waals surface area contributed by atoms with Crippen molar-refractivity contribution in [3.8, 4) is 11.5 Å². The molecule has 0 amide bonds. The van der Waals surface area contributed by atoms with Gasteiger partial charge in [0.2, 0.25) is 0 Å². The number of hydrogen-bond donors (Lipinski definition) is 1. The van der Waals surface area contributed by atoms with Crippen molar-refractivity contribution in [2.24, 2.45) is 0 Å². The molecule has 1 heterocycles. The molecule has 118 valence electrons. The molecule has 4 nitrogen and oxygen atoms in total. The maximum atomic E-state index is 5.58. The molecular formula is C17H28N2O2. The molecule has 0 saturated carbocycles. The van der Waals surface area contributed by atoms with Crippen molar-refractivity contribution in [3.05, 3.63) is 23.8 Å². The molecule has 1 aromatic carbocycles. The smallest absolute Gasteiger partial charge is 0.127 e. The van der Waals surface area contributed by atoms with E-state index in [0.29, 0.717) is 12.1 Å². The second kappa shape index (κ2) is 7.66. The molecule has 0 aromatic heterocycles. The third-order valence-corrected chi connectivity index (χ3v) is 4.37. The third kappa shape index (κ3) is 3.69. The van der Waals surface area contributed by atoms with Crippen molar-refractivity contribution in [1.29, 1.82) is 0 Å². The number of hydrogen-bond acceptors (Lipinski definition) is 4. The summed E-state index contributed by atoms with van der Waals surface area (Å²) in [5, 5.41) is 3.47. The van der Waals surface area contributed by atoms with Crippen molar-refractivity contribution in [2.75, 3.05) is 33.9 Å². The van der Waals surface area contributed by atoms with Gasteiger partial charge >= 0.3 is 0 Å². The van der Waals surface area contributed by atoms with E-state index in [9.17, 15) is 0 Å². The van der Waals surface area contributed by atoms with Crippen LogP contribution in [0.15, 0.2) is 18.2 Å². The molecule has 1 saturated heterocycles. The molecule has 2 rings (SSSR count). The summed E-state index contributed by atoms with van der Waals surface area (Å²) in [4.78, 5) is 2.60. The van der Waals surface area contributed by atoms with Crippen LogP contribution >= 0.6 is 0 Å². The minimum absolute atomic E-state index is 0.343. The molecule has 2 atom stereocenters. The summed E-state index contributed by atoms with van der Waals surface area (Å²) in [5.41, 5.74) is 1.23. The lowest BCUT2D eigenvalue weighted by atomic mass is 10.0. The van der Waals surface area contributed by atoms with E-state index < -0.39 is 0 Å². The van der Waals surface area contributed by atoms with E-state index in [-0.39, 0.29) is 0 Å². The highest BCUT2D eigenvalue weighted by atomic mass is 16.5. The van der Waals surface area contributed by atoms with Crippen molar-refractivity contribution in [1.82, 2.24) is 10.2 Å². The van der Waals surface area contributed by atoms with Gasteiger partial charge in [0.05, 0.1) is 14.2 Å². The van der Waals surface area contributed by atoms with Crippen molar-refractivity contribution >= 4 is 0 Å². The number of benzene rings is 1. The Morgan fingerprint density at radius 3 is 2.71 bits per heavy atom. The van der Waals surface area contributed by atoms with Gasteiger partial charge in [-0.2, -0.15) is 0 Å². The Hall–Kier alpha value is -1.26. The first-order valence-electron chi connectivity index (χ1n) is 7.89. The largest absolute Gasteiger partial charge is 0.497 e. The van der Waals surface area contributed by atoms with Crippen LogP contribution in [-0.4, -0.2) is 44.8 Å². The van der Waals surface area contributed by atoms with Gasteiger partial charge in [0.15, 0.2) is 0 Å². The van der Waals surface area contributed by atoms with E-state index >= 15 is 0 Å². The first kappa shape index (κ1) is 16.1. The second-order valence-electron chi connectivity index (χ2n) is 5.67. The SMILES string of the molecule is CCCN(C1CCNC1)C(C)c1ccc(OC)cc1OC. The molecule has 1 aromatic rings. The zero-order valence-electron chi connectivity index (χ0n) is 13.7. The molecule has 4 heteroatoms. The van der Waals surface area contributed by atoms with Gasteiger partial charge in [-0.05, 0) is 38.9 Å². The first-order chi connectivity index (χ1) is 10.2. The van der Waals surface area contributed by atoms with Gasteiger partial charge < -0.3 is 14.8 Å². The van der Waals surface area contributed by atoms with Gasteiger partial charge in [0, 0.05) is 30.3 Å². The van der Waals surface area contributed by atoms with E-state index in [1.807, 2.05) is 12.1 Å². The number of methoxy groups -OCH3 is 2. The maximum absolute atomic E-state index is 5.58. The highest BCUT2D eigenvalue weighted by Crippen LogP contribution is 2.34. The molecule has 1 aliphatic heterocycles. The van der Waals surface area contributed by atoms with Crippen LogP contribution in [0.25, 0.3) is 0 Å². The van der Waals surface area contributed by atoms with E-state index in [4.69, 9.17) is 9.47 Å². The Labute approximate surface area is 128 Å². The lowest BCUT2D eigenvalue weighted by Crippen LogP contribution is -2.39. The standard InChI is InChI=1S/C17H28N2O2/c1-5-10-19(14-8-9-18-12-14)13(2)16-7-6-15(20-3)11-17(16)21-4/h6-7,11,13-14,18H,5,8-10,12H2,1-4H3. The Morgan fingerprint density at radius 1 is 1.33 bits per heavy atom. The zero-order valence-corrected chi connectivity index (χ0v) is 13.7. The Kier molecular flexibility index (Phi) is 5.88. The van der Waals surface area contributed by atoms with Crippen LogP contribution in [0.2, 0.25) is 0 Å². The second-order valence-corrected chi connectivity index (χ2v) is 5.67. The molecule has 1 aliphatic rings. The summed E-state index contributed by atoms with van der Waals surface area (Å²) < 4.78 is 10.9. The average molecular weight is 292 g/mol. The zero-order chi connectivity index (χ0) is 15.2. The lowest BCUT2D eigenvalue weighted by molar-refractivity contribution is 0.151. The summed E-state index contributed by atoms with van der Waals surface area (Å²) >= 11 is 0. The van der Waals surface area contributed by atoms with E-state index in [1.165, 1.54) is 18.4 Å². The van der Waals surface area contributed by atoms with Crippen LogP contribution in [0, 0.1) is 0 Å². The number of ether oxygens (including phenoxy) is 2. The minimum Gasteiger partial charge on any atom is -0.497 e. The fourth-order valence-corrected chi connectivity index (χ4v) is 3.22. The average Bonchev–Trinajstić information content (AvgIpc) is 3.05. The number of nitrogens with zero attached hydrogens (tertiary/aromatic N) is 1. The topological polar surface area (TPSA) is 33.7 Å². The summed E-state index contributed by atoms with van der Waals surface area (Å²) in [6.07, 6.45) is 2.39. The molecule has 0 spiro atoms. The van der Waals surface area contributed by atoms with Gasteiger partial charge in [0.1, 0.15) is 11.5 Å². The van der Waals surface area contributed by atoms with Crippen LogP contribution in [0.3, 0.4) is 0 Å². The third-order valence-electron chi connectivity index (χ3n) is 4.37. The maximum Gasteiger partial charge on any atom is 0.127 e. The van der Waals surface area contributed by atoms with Gasteiger partial charge in [0.25, 0.3) is 0 Å². The molecule has 1 fully saturated rings. The summed E-state index contributed by atoms with van der Waals surface area (Å²) in [6, 6.07) is 7.09. The molecule has 0 aliphatic carbocycles.